The number of likely N-dealkylation sites (N-methyl/N-ethyl adjacent to an activating group) is 1. The minimum Gasteiger partial charge on any atom is -0.497 e. The zero-order chi connectivity index (χ0) is 36.3. The van der Waals surface area contributed by atoms with Crippen molar-refractivity contribution in [2.75, 3.05) is 53.6 Å². The highest BCUT2D eigenvalue weighted by atomic mass is 32.2. The Morgan fingerprint density at radius 1 is 1.06 bits per heavy atom. The number of rotatable bonds is 17. The Morgan fingerprint density at radius 3 is 2.46 bits per heavy atom. The number of hydrogen-bond donors (Lipinski definition) is 5. The molecule has 2 aromatic carbocycles. The van der Waals surface area contributed by atoms with Gasteiger partial charge in [0.2, 0.25) is 15.9 Å². The van der Waals surface area contributed by atoms with Gasteiger partial charge in [0.25, 0.3) is 0 Å². The van der Waals surface area contributed by atoms with Crippen LogP contribution in [-0.2, 0) is 35.4 Å². The number of nitrogens with one attached hydrogen (secondary N) is 4. The average molecular weight is 720 g/mol. The van der Waals surface area contributed by atoms with E-state index in [1.165, 1.54) is 42.7 Å². The van der Waals surface area contributed by atoms with E-state index in [0.717, 1.165) is 5.56 Å². The van der Waals surface area contributed by atoms with Gasteiger partial charge >= 0.3 is 12.1 Å². The van der Waals surface area contributed by atoms with Gasteiger partial charge in [-0.15, -0.1) is 0 Å². The maximum Gasteiger partial charge on any atom is 0.407 e. The number of amides is 4. The number of methoxy groups -OCH3 is 1. The third kappa shape index (κ3) is 11.0. The molecular formula is C34H49N5O10S. The Bertz CT molecular complexity index is 1530. The van der Waals surface area contributed by atoms with Gasteiger partial charge in [-0.2, -0.15) is 4.31 Å². The number of urea groups is 1. The molecule has 4 rings (SSSR count). The second-order valence-corrected chi connectivity index (χ2v) is 15.1. The van der Waals surface area contributed by atoms with Crippen LogP contribution in [0.4, 0.5) is 9.59 Å². The first-order valence-electron chi connectivity index (χ1n) is 16.6. The number of benzene rings is 2. The van der Waals surface area contributed by atoms with Crippen LogP contribution in [0.5, 0.6) is 5.75 Å². The number of alkyl carbamates (subject to hydrolysis) is 1. The molecule has 0 aromatic heterocycles. The molecule has 2 aliphatic heterocycles. The summed E-state index contributed by atoms with van der Waals surface area (Å²) in [5.74, 6) is 0.0452. The Hall–Kier alpha value is -3.96. The lowest BCUT2D eigenvalue weighted by atomic mass is 9.89. The van der Waals surface area contributed by atoms with Gasteiger partial charge in [0.05, 0.1) is 49.8 Å². The highest BCUT2D eigenvalue weighted by Gasteiger charge is 2.44. The SMILES string of the molecule is CNC(=O)CNC(=O)NCCC(C)(C)CN(C[C@H](O)[C@H](Cc1ccccc1)NC(=O)O[C@H]1CO[C@H]2OCC[C@H]21)S(=O)(=O)c1ccc(OC)cc1. The third-order valence-electron chi connectivity index (χ3n) is 8.78. The summed E-state index contributed by atoms with van der Waals surface area (Å²) in [6.45, 7) is 4.01. The monoisotopic (exact) mass is 719 g/mol. The molecule has 0 bridgehead atoms. The topological polar surface area (TPSA) is 194 Å². The van der Waals surface area contributed by atoms with Crippen molar-refractivity contribution in [3.8, 4) is 5.75 Å². The Kier molecular flexibility index (Phi) is 13.8. The second-order valence-electron chi connectivity index (χ2n) is 13.1. The van der Waals surface area contributed by atoms with Crippen LogP contribution >= 0.6 is 0 Å². The molecule has 5 N–H and O–H groups in total. The minimum absolute atomic E-state index is 0.00504. The molecule has 2 saturated heterocycles. The van der Waals surface area contributed by atoms with Crippen molar-refractivity contribution in [1.29, 1.82) is 0 Å². The third-order valence-corrected chi connectivity index (χ3v) is 10.6. The number of ether oxygens (including phenoxy) is 4. The van der Waals surface area contributed by atoms with E-state index in [4.69, 9.17) is 18.9 Å². The fraction of sp³-hybridized carbons (Fsp3) is 0.559. The van der Waals surface area contributed by atoms with Crippen molar-refractivity contribution < 1.29 is 46.9 Å². The van der Waals surface area contributed by atoms with Crippen molar-refractivity contribution in [2.24, 2.45) is 11.3 Å². The first-order chi connectivity index (χ1) is 23.8. The number of aliphatic hydroxyl groups excluding tert-OH is 1. The van der Waals surface area contributed by atoms with Crippen LogP contribution in [0.3, 0.4) is 0 Å². The number of hydrogen-bond acceptors (Lipinski definition) is 10. The smallest absolute Gasteiger partial charge is 0.407 e. The molecular weight excluding hydrogens is 670 g/mol. The molecule has 2 fully saturated rings. The average Bonchev–Trinajstić information content (AvgIpc) is 3.72. The predicted molar refractivity (Wildman–Crippen MR) is 183 cm³/mol. The minimum atomic E-state index is -4.18. The summed E-state index contributed by atoms with van der Waals surface area (Å²) in [6, 6.07) is 13.7. The van der Waals surface area contributed by atoms with E-state index < -0.39 is 52.1 Å². The molecule has 15 nitrogen and oxygen atoms in total. The molecule has 2 aliphatic rings. The molecule has 5 atom stereocenters. The van der Waals surface area contributed by atoms with Crippen LogP contribution in [0, 0.1) is 11.3 Å². The summed E-state index contributed by atoms with van der Waals surface area (Å²) in [5, 5.41) is 22.1. The van der Waals surface area contributed by atoms with E-state index in [9.17, 15) is 27.9 Å². The zero-order valence-electron chi connectivity index (χ0n) is 28.9. The lowest BCUT2D eigenvalue weighted by Crippen LogP contribution is -2.52. The molecule has 276 valence electrons. The van der Waals surface area contributed by atoms with Crippen LogP contribution in [0.2, 0.25) is 0 Å². The summed E-state index contributed by atoms with van der Waals surface area (Å²) in [6.07, 6.45) is -1.78. The molecule has 0 spiro atoms. The molecule has 2 aromatic rings. The van der Waals surface area contributed by atoms with Gasteiger partial charge in [0.1, 0.15) is 11.9 Å². The lowest BCUT2D eigenvalue weighted by molar-refractivity contribution is -0.119. The Labute approximate surface area is 293 Å². The van der Waals surface area contributed by atoms with E-state index in [0.29, 0.717) is 25.2 Å². The van der Waals surface area contributed by atoms with Gasteiger partial charge in [0, 0.05) is 26.7 Å². The number of sulfonamides is 1. The largest absolute Gasteiger partial charge is 0.497 e. The zero-order valence-corrected chi connectivity index (χ0v) is 29.7. The van der Waals surface area contributed by atoms with Crippen molar-refractivity contribution in [1.82, 2.24) is 25.6 Å². The number of fused-ring (bicyclic) bond motifs is 1. The first kappa shape index (κ1) is 38.8. The normalized spacial score (nSPS) is 20.0. The number of carbonyl (C=O) groups excluding carboxylic acids is 3. The maximum atomic E-state index is 14.2. The first-order valence-corrected chi connectivity index (χ1v) is 18.0. The quantitative estimate of drug-likeness (QED) is 0.160. The van der Waals surface area contributed by atoms with Crippen LogP contribution in [0.1, 0.15) is 32.3 Å². The highest BCUT2D eigenvalue weighted by Crippen LogP contribution is 2.33. The van der Waals surface area contributed by atoms with Gasteiger partial charge in [-0.05, 0) is 54.5 Å². The van der Waals surface area contributed by atoms with Crippen LogP contribution < -0.4 is 26.0 Å². The standard InChI is InChI=1S/C34H49N5O10S/c1-34(2,15-16-36-32(42)37-19-30(41)35-3)22-39(50(44,45)25-12-10-24(46-4)11-13-25)20-28(40)27(18-23-8-6-5-7-9-23)38-33(43)49-29-21-48-31-26(29)14-17-47-31/h5-13,26-29,31,40H,14-22H2,1-4H3,(H,35,41)(H,38,43)(H2,36,37,42)/t26-,27-,28-,29-,31+/m0/s1. The van der Waals surface area contributed by atoms with E-state index in [-0.39, 0.29) is 55.9 Å². The van der Waals surface area contributed by atoms with E-state index in [1.54, 1.807) is 0 Å². The van der Waals surface area contributed by atoms with Crippen LogP contribution in [0.25, 0.3) is 0 Å². The highest BCUT2D eigenvalue weighted by molar-refractivity contribution is 7.89. The summed E-state index contributed by atoms with van der Waals surface area (Å²) < 4.78 is 51.6. The summed E-state index contributed by atoms with van der Waals surface area (Å²) in [7, 11) is -1.24. The maximum absolute atomic E-state index is 14.2. The molecule has 0 aliphatic carbocycles. The fourth-order valence-corrected chi connectivity index (χ4v) is 7.53. The van der Waals surface area contributed by atoms with Crippen molar-refractivity contribution in [2.45, 2.75) is 62.5 Å². The molecule has 4 amide bonds. The fourth-order valence-electron chi connectivity index (χ4n) is 5.88. The van der Waals surface area contributed by atoms with Gasteiger partial charge in [0.15, 0.2) is 6.29 Å². The van der Waals surface area contributed by atoms with Gasteiger partial charge in [-0.3, -0.25) is 4.79 Å². The molecule has 0 saturated carbocycles. The van der Waals surface area contributed by atoms with Crippen molar-refractivity contribution in [3.05, 3.63) is 60.2 Å². The number of carbonyl (C=O) groups is 3. The van der Waals surface area contributed by atoms with Gasteiger partial charge < -0.3 is 45.3 Å². The number of nitrogens with zero attached hydrogens (tertiary/aromatic N) is 1. The Morgan fingerprint density at radius 2 is 1.78 bits per heavy atom. The van der Waals surface area contributed by atoms with Crippen molar-refractivity contribution >= 4 is 28.1 Å². The molecule has 0 unspecified atom stereocenters. The molecule has 0 radical (unpaired) electrons. The molecule has 16 heteroatoms. The molecule has 50 heavy (non-hydrogen) atoms. The van der Waals surface area contributed by atoms with Gasteiger partial charge in [-0.1, -0.05) is 44.2 Å². The van der Waals surface area contributed by atoms with E-state index in [1.807, 2.05) is 44.2 Å². The second kappa shape index (κ2) is 17.8. The summed E-state index contributed by atoms with van der Waals surface area (Å²) in [4.78, 5) is 36.8. The van der Waals surface area contributed by atoms with E-state index in [2.05, 4.69) is 21.3 Å². The Balaban J connectivity index is 1.51. The van der Waals surface area contributed by atoms with E-state index >= 15 is 0 Å². The van der Waals surface area contributed by atoms with Gasteiger partial charge in [-0.25, -0.2) is 18.0 Å². The number of aliphatic hydroxyl groups is 1. The predicted octanol–water partition coefficient (Wildman–Crippen LogP) is 1.61. The summed E-state index contributed by atoms with van der Waals surface area (Å²) >= 11 is 0. The van der Waals surface area contributed by atoms with Crippen LogP contribution in [-0.4, -0.2) is 114 Å². The van der Waals surface area contributed by atoms with Crippen molar-refractivity contribution in [3.63, 3.8) is 0 Å². The lowest BCUT2D eigenvalue weighted by Gasteiger charge is -2.35. The summed E-state index contributed by atoms with van der Waals surface area (Å²) in [5.41, 5.74) is 0.118. The van der Waals surface area contributed by atoms with Crippen LogP contribution in [0.15, 0.2) is 59.5 Å². The molecule has 2 heterocycles.